The van der Waals surface area contributed by atoms with Crippen LogP contribution in [0.3, 0.4) is 0 Å². The zero-order valence-electron chi connectivity index (χ0n) is 15.9. The smallest absolute Gasteiger partial charge is 0.271 e. The Hall–Kier alpha value is -3.93. The maximum absolute atomic E-state index is 12.1. The molecule has 0 aromatic heterocycles. The highest BCUT2D eigenvalue weighted by Gasteiger charge is 2.07. The number of phenolic OH excluding ortho intramolecular Hbond substituents is 1. The SMILES string of the molecule is C/C(=N\NC(=O)c1cccc(O)c1)c1ccc(NC(=O)Cc2ccccc2)cc1. The fourth-order valence-electron chi connectivity index (χ4n) is 2.69. The Balaban J connectivity index is 1.58. The number of nitrogens with zero attached hydrogens (tertiary/aromatic N) is 1. The number of hydrogen-bond donors (Lipinski definition) is 3. The number of carbonyl (C=O) groups is 2. The molecule has 0 atom stereocenters. The van der Waals surface area contributed by atoms with Crippen molar-refractivity contribution in [1.82, 2.24) is 5.43 Å². The van der Waals surface area contributed by atoms with Gasteiger partial charge in [-0.3, -0.25) is 9.59 Å². The predicted molar refractivity (Wildman–Crippen MR) is 113 cm³/mol. The number of aromatic hydroxyl groups is 1. The normalized spacial score (nSPS) is 11.0. The number of nitrogens with one attached hydrogen (secondary N) is 2. The van der Waals surface area contributed by atoms with Gasteiger partial charge in [0, 0.05) is 11.3 Å². The summed E-state index contributed by atoms with van der Waals surface area (Å²) in [5.74, 6) is -0.485. The third kappa shape index (κ3) is 5.77. The van der Waals surface area contributed by atoms with Gasteiger partial charge >= 0.3 is 0 Å². The number of rotatable bonds is 6. The van der Waals surface area contributed by atoms with Crippen LogP contribution in [0, 0.1) is 0 Å². The molecule has 3 rings (SSSR count). The van der Waals surface area contributed by atoms with E-state index in [1.165, 1.54) is 12.1 Å². The molecule has 0 saturated carbocycles. The highest BCUT2D eigenvalue weighted by molar-refractivity contribution is 6.01. The van der Waals surface area contributed by atoms with Crippen LogP contribution in [0.2, 0.25) is 0 Å². The lowest BCUT2D eigenvalue weighted by Crippen LogP contribution is -2.19. The largest absolute Gasteiger partial charge is 0.508 e. The molecular weight excluding hydrogens is 366 g/mol. The Labute approximate surface area is 168 Å². The predicted octanol–water partition coefficient (Wildman–Crippen LogP) is 3.73. The molecule has 2 amide bonds. The minimum Gasteiger partial charge on any atom is -0.508 e. The van der Waals surface area contributed by atoms with E-state index in [0.29, 0.717) is 23.4 Å². The molecule has 0 spiro atoms. The van der Waals surface area contributed by atoms with Crippen LogP contribution >= 0.6 is 0 Å². The second-order valence-corrected chi connectivity index (χ2v) is 6.48. The van der Waals surface area contributed by atoms with Crippen molar-refractivity contribution in [2.45, 2.75) is 13.3 Å². The molecule has 3 aromatic rings. The quantitative estimate of drug-likeness (QED) is 0.445. The summed E-state index contributed by atoms with van der Waals surface area (Å²) in [4.78, 5) is 24.2. The van der Waals surface area contributed by atoms with E-state index in [9.17, 15) is 14.7 Å². The highest BCUT2D eigenvalue weighted by Crippen LogP contribution is 2.12. The minimum absolute atomic E-state index is 0.0169. The van der Waals surface area contributed by atoms with Crippen LogP contribution in [-0.2, 0) is 11.2 Å². The summed E-state index contributed by atoms with van der Waals surface area (Å²) in [6, 6.07) is 22.8. The zero-order valence-corrected chi connectivity index (χ0v) is 15.9. The van der Waals surface area contributed by atoms with Crippen LogP contribution in [-0.4, -0.2) is 22.6 Å². The van der Waals surface area contributed by atoms with Gasteiger partial charge in [0.1, 0.15) is 5.75 Å². The van der Waals surface area contributed by atoms with Crippen LogP contribution in [0.5, 0.6) is 5.75 Å². The number of hydrazone groups is 1. The van der Waals surface area contributed by atoms with E-state index in [1.807, 2.05) is 42.5 Å². The van der Waals surface area contributed by atoms with Crippen molar-refractivity contribution in [3.63, 3.8) is 0 Å². The lowest BCUT2D eigenvalue weighted by atomic mass is 10.1. The molecule has 0 saturated heterocycles. The Bertz CT molecular complexity index is 1030. The van der Waals surface area contributed by atoms with Crippen molar-refractivity contribution in [2.24, 2.45) is 5.10 Å². The first-order chi connectivity index (χ1) is 14.0. The van der Waals surface area contributed by atoms with Crippen molar-refractivity contribution >= 4 is 23.2 Å². The molecule has 0 radical (unpaired) electrons. The van der Waals surface area contributed by atoms with E-state index >= 15 is 0 Å². The summed E-state index contributed by atoms with van der Waals surface area (Å²) in [6.45, 7) is 1.77. The van der Waals surface area contributed by atoms with E-state index in [0.717, 1.165) is 11.1 Å². The Morgan fingerprint density at radius 2 is 1.62 bits per heavy atom. The number of anilines is 1. The molecule has 3 N–H and O–H groups in total. The molecule has 6 heteroatoms. The van der Waals surface area contributed by atoms with Gasteiger partial charge in [0.25, 0.3) is 5.91 Å². The molecule has 0 aliphatic carbocycles. The van der Waals surface area contributed by atoms with Gasteiger partial charge in [0.2, 0.25) is 5.91 Å². The van der Waals surface area contributed by atoms with Gasteiger partial charge in [0.05, 0.1) is 12.1 Å². The fourth-order valence-corrected chi connectivity index (χ4v) is 2.69. The number of amides is 2. The average Bonchev–Trinajstić information content (AvgIpc) is 2.73. The van der Waals surface area contributed by atoms with Crippen LogP contribution in [0.25, 0.3) is 0 Å². The number of benzene rings is 3. The summed E-state index contributed by atoms with van der Waals surface area (Å²) in [7, 11) is 0. The Morgan fingerprint density at radius 1 is 0.897 bits per heavy atom. The summed E-state index contributed by atoms with van der Waals surface area (Å²) in [5.41, 5.74) is 5.84. The molecule has 3 aromatic carbocycles. The summed E-state index contributed by atoms with van der Waals surface area (Å²) >= 11 is 0. The van der Waals surface area contributed by atoms with E-state index in [2.05, 4.69) is 15.8 Å². The topological polar surface area (TPSA) is 90.8 Å². The van der Waals surface area contributed by atoms with Crippen molar-refractivity contribution in [3.8, 4) is 5.75 Å². The fraction of sp³-hybridized carbons (Fsp3) is 0.0870. The standard InChI is InChI=1S/C23H21N3O3/c1-16(25-26-23(29)19-8-5-9-21(27)15-19)18-10-12-20(13-11-18)24-22(28)14-17-6-3-2-4-7-17/h2-13,15,27H,14H2,1H3,(H,24,28)(H,26,29)/b25-16+. The van der Waals surface area contributed by atoms with Gasteiger partial charge in [-0.2, -0.15) is 5.10 Å². The lowest BCUT2D eigenvalue weighted by molar-refractivity contribution is -0.115. The molecule has 29 heavy (non-hydrogen) atoms. The van der Waals surface area contributed by atoms with Crippen LogP contribution in [0.4, 0.5) is 5.69 Å². The van der Waals surface area contributed by atoms with Gasteiger partial charge in [0.15, 0.2) is 0 Å². The molecule has 0 bridgehead atoms. The first-order valence-corrected chi connectivity index (χ1v) is 9.09. The monoisotopic (exact) mass is 387 g/mol. The van der Waals surface area contributed by atoms with Gasteiger partial charge in [-0.15, -0.1) is 0 Å². The first kappa shape index (κ1) is 19.8. The van der Waals surface area contributed by atoms with Crippen LogP contribution < -0.4 is 10.7 Å². The molecule has 0 unspecified atom stereocenters. The van der Waals surface area contributed by atoms with Crippen LogP contribution in [0.1, 0.15) is 28.4 Å². The third-order valence-electron chi connectivity index (χ3n) is 4.23. The average molecular weight is 387 g/mol. The van der Waals surface area contributed by atoms with Gasteiger partial charge < -0.3 is 10.4 Å². The van der Waals surface area contributed by atoms with Crippen molar-refractivity contribution in [2.75, 3.05) is 5.32 Å². The molecule has 146 valence electrons. The molecule has 0 heterocycles. The third-order valence-corrected chi connectivity index (χ3v) is 4.23. The van der Waals surface area contributed by atoms with Crippen molar-refractivity contribution < 1.29 is 14.7 Å². The number of carbonyl (C=O) groups excluding carboxylic acids is 2. The Kier molecular flexibility index (Phi) is 6.37. The number of phenols is 1. The molecule has 0 aliphatic rings. The van der Waals surface area contributed by atoms with Gasteiger partial charge in [-0.1, -0.05) is 48.5 Å². The van der Waals surface area contributed by atoms with Gasteiger partial charge in [-0.25, -0.2) is 5.43 Å². The Morgan fingerprint density at radius 3 is 2.31 bits per heavy atom. The van der Waals surface area contributed by atoms with Crippen LogP contribution in [0.15, 0.2) is 84.0 Å². The zero-order chi connectivity index (χ0) is 20.6. The minimum atomic E-state index is -0.412. The maximum Gasteiger partial charge on any atom is 0.271 e. The second kappa shape index (κ2) is 9.32. The molecular formula is C23H21N3O3. The van der Waals surface area contributed by atoms with Gasteiger partial charge in [-0.05, 0) is 48.4 Å². The van der Waals surface area contributed by atoms with E-state index < -0.39 is 5.91 Å². The molecule has 0 fully saturated rings. The molecule has 0 aliphatic heterocycles. The van der Waals surface area contributed by atoms with E-state index in [-0.39, 0.29) is 11.7 Å². The first-order valence-electron chi connectivity index (χ1n) is 9.09. The van der Waals surface area contributed by atoms with Crippen molar-refractivity contribution in [1.29, 1.82) is 0 Å². The summed E-state index contributed by atoms with van der Waals surface area (Å²) in [5, 5.41) is 16.4. The van der Waals surface area contributed by atoms with E-state index in [4.69, 9.17) is 0 Å². The summed E-state index contributed by atoms with van der Waals surface area (Å²) in [6.07, 6.45) is 0.310. The van der Waals surface area contributed by atoms with Crippen molar-refractivity contribution in [3.05, 3.63) is 95.6 Å². The number of hydrogen-bond acceptors (Lipinski definition) is 4. The maximum atomic E-state index is 12.1. The lowest BCUT2D eigenvalue weighted by Gasteiger charge is -2.07. The highest BCUT2D eigenvalue weighted by atomic mass is 16.3. The summed E-state index contributed by atoms with van der Waals surface area (Å²) < 4.78 is 0. The van der Waals surface area contributed by atoms with E-state index in [1.54, 1.807) is 31.2 Å². The molecule has 6 nitrogen and oxygen atoms in total. The second-order valence-electron chi connectivity index (χ2n) is 6.48.